The predicted octanol–water partition coefficient (Wildman–Crippen LogP) is 1.08. The lowest BCUT2D eigenvalue weighted by Crippen LogP contribution is -2.29. The molecule has 0 spiro atoms. The average Bonchev–Trinajstić information content (AvgIpc) is 2.36. The third-order valence-electron chi connectivity index (χ3n) is 2.57. The van der Waals surface area contributed by atoms with Gasteiger partial charge in [-0.25, -0.2) is 4.79 Å². The molecule has 0 heterocycles. The number of rotatable bonds is 6. The normalized spacial score (nSPS) is 11.7. The maximum Gasteiger partial charge on any atom is 0.328 e. The Balaban J connectivity index is 2.67. The van der Waals surface area contributed by atoms with Gasteiger partial charge in [-0.3, -0.25) is 4.79 Å². The molecule has 1 atom stereocenters. The summed E-state index contributed by atoms with van der Waals surface area (Å²) in [6, 6.07) is 6.86. The lowest BCUT2D eigenvalue weighted by atomic mass is 10.1. The van der Waals surface area contributed by atoms with E-state index in [2.05, 4.69) is 10.1 Å². The van der Waals surface area contributed by atoms with Crippen molar-refractivity contribution >= 4 is 17.6 Å². The maximum absolute atomic E-state index is 11.4. The number of hydrogen-bond acceptors (Lipinski definition) is 4. The maximum atomic E-state index is 11.4. The van der Waals surface area contributed by atoms with Gasteiger partial charge < -0.3 is 15.8 Å². The van der Waals surface area contributed by atoms with E-state index in [1.807, 2.05) is 19.1 Å². The van der Waals surface area contributed by atoms with E-state index < -0.39 is 0 Å². The van der Waals surface area contributed by atoms with Crippen LogP contribution >= 0.6 is 0 Å². The number of nitrogens with two attached hydrogens (primary N) is 1. The van der Waals surface area contributed by atoms with E-state index in [4.69, 9.17) is 5.73 Å². The van der Waals surface area contributed by atoms with Crippen molar-refractivity contribution in [2.75, 3.05) is 12.4 Å². The van der Waals surface area contributed by atoms with Crippen LogP contribution in [0.3, 0.4) is 0 Å². The zero-order chi connectivity index (χ0) is 13.5. The molecule has 18 heavy (non-hydrogen) atoms. The number of esters is 1. The second kappa shape index (κ2) is 6.64. The number of ether oxygens (including phenoxy) is 1. The Hall–Kier alpha value is -2.04. The van der Waals surface area contributed by atoms with Crippen LogP contribution in [-0.4, -0.2) is 25.0 Å². The summed E-state index contributed by atoms with van der Waals surface area (Å²) in [7, 11) is 1.36. The number of carbonyl (C=O) groups is 2. The van der Waals surface area contributed by atoms with Crippen LogP contribution in [0.5, 0.6) is 0 Å². The Morgan fingerprint density at radius 2 is 1.94 bits per heavy atom. The first kappa shape index (κ1) is 14.0. The number of hydrogen-bond donors (Lipinski definition) is 2. The van der Waals surface area contributed by atoms with E-state index >= 15 is 0 Å². The first-order chi connectivity index (χ1) is 8.56. The summed E-state index contributed by atoms with van der Waals surface area (Å²) in [6.45, 7) is 1.90. The van der Waals surface area contributed by atoms with Crippen molar-refractivity contribution in [1.82, 2.24) is 0 Å². The Bertz CT molecular complexity index is 415. The van der Waals surface area contributed by atoms with Crippen LogP contribution in [0.25, 0.3) is 0 Å². The van der Waals surface area contributed by atoms with Gasteiger partial charge in [-0.1, -0.05) is 19.1 Å². The van der Waals surface area contributed by atoms with Gasteiger partial charge in [-0.2, -0.15) is 0 Å². The number of nitrogens with one attached hydrogen (secondary N) is 1. The molecule has 0 aliphatic rings. The van der Waals surface area contributed by atoms with Gasteiger partial charge in [0, 0.05) is 5.69 Å². The second-order valence-corrected chi connectivity index (χ2v) is 3.97. The SMILES string of the molecule is CCC(Nc1ccc(CC(N)=O)cc1)C(=O)OC. The van der Waals surface area contributed by atoms with Gasteiger partial charge in [0.1, 0.15) is 6.04 Å². The van der Waals surface area contributed by atoms with Gasteiger partial charge in [0.15, 0.2) is 0 Å². The monoisotopic (exact) mass is 250 g/mol. The number of carbonyl (C=O) groups excluding carboxylic acids is 2. The molecule has 0 aliphatic heterocycles. The van der Waals surface area contributed by atoms with Crippen LogP contribution in [0.15, 0.2) is 24.3 Å². The van der Waals surface area contributed by atoms with Gasteiger partial charge in [0.2, 0.25) is 5.91 Å². The number of benzene rings is 1. The summed E-state index contributed by atoms with van der Waals surface area (Å²) < 4.78 is 4.69. The molecule has 3 N–H and O–H groups in total. The van der Waals surface area contributed by atoms with Crippen LogP contribution in [0.4, 0.5) is 5.69 Å². The quantitative estimate of drug-likeness (QED) is 0.740. The fraction of sp³-hybridized carbons (Fsp3) is 0.385. The number of primary amides is 1. The average molecular weight is 250 g/mol. The number of amides is 1. The largest absolute Gasteiger partial charge is 0.467 e. The molecule has 1 amide bonds. The van der Waals surface area contributed by atoms with Crippen molar-refractivity contribution in [2.24, 2.45) is 5.73 Å². The fourth-order valence-electron chi connectivity index (χ4n) is 1.59. The first-order valence-electron chi connectivity index (χ1n) is 5.78. The topological polar surface area (TPSA) is 81.4 Å². The van der Waals surface area contributed by atoms with Crippen molar-refractivity contribution in [3.63, 3.8) is 0 Å². The summed E-state index contributed by atoms with van der Waals surface area (Å²) in [5.41, 5.74) is 6.76. The zero-order valence-corrected chi connectivity index (χ0v) is 10.6. The molecule has 1 rings (SSSR count). The molecular formula is C13H18N2O3. The minimum absolute atomic E-state index is 0.217. The van der Waals surface area contributed by atoms with Crippen LogP contribution in [0, 0.1) is 0 Å². The number of methoxy groups -OCH3 is 1. The minimum atomic E-state index is -0.364. The highest BCUT2D eigenvalue weighted by molar-refractivity contribution is 5.79. The van der Waals surface area contributed by atoms with Crippen molar-refractivity contribution in [1.29, 1.82) is 0 Å². The van der Waals surface area contributed by atoms with Crippen LogP contribution in [0.2, 0.25) is 0 Å². The molecular weight excluding hydrogens is 232 g/mol. The molecule has 5 nitrogen and oxygen atoms in total. The van der Waals surface area contributed by atoms with E-state index in [9.17, 15) is 9.59 Å². The molecule has 0 fully saturated rings. The van der Waals surface area contributed by atoms with Crippen LogP contribution < -0.4 is 11.1 Å². The third-order valence-corrected chi connectivity index (χ3v) is 2.57. The Morgan fingerprint density at radius 3 is 2.39 bits per heavy atom. The summed E-state index contributed by atoms with van der Waals surface area (Å²) >= 11 is 0. The Labute approximate surface area is 106 Å². The van der Waals surface area contributed by atoms with Gasteiger partial charge in [-0.15, -0.1) is 0 Å². The summed E-state index contributed by atoms with van der Waals surface area (Å²) in [5, 5.41) is 3.07. The van der Waals surface area contributed by atoms with Gasteiger partial charge in [-0.05, 0) is 24.1 Å². The van der Waals surface area contributed by atoms with E-state index in [0.717, 1.165) is 11.3 Å². The van der Waals surface area contributed by atoms with E-state index in [-0.39, 0.29) is 24.3 Å². The molecule has 98 valence electrons. The number of anilines is 1. The molecule has 1 aromatic rings. The van der Waals surface area contributed by atoms with Crippen molar-refractivity contribution < 1.29 is 14.3 Å². The van der Waals surface area contributed by atoms with Crippen LogP contribution in [0.1, 0.15) is 18.9 Å². The highest BCUT2D eigenvalue weighted by Gasteiger charge is 2.16. The summed E-state index contributed by atoms with van der Waals surface area (Å²) in [5.74, 6) is -0.657. The first-order valence-corrected chi connectivity index (χ1v) is 5.78. The molecule has 0 aliphatic carbocycles. The van der Waals surface area contributed by atoms with Crippen molar-refractivity contribution in [2.45, 2.75) is 25.8 Å². The molecule has 0 bridgehead atoms. The summed E-state index contributed by atoms with van der Waals surface area (Å²) in [4.78, 5) is 22.2. The smallest absolute Gasteiger partial charge is 0.328 e. The second-order valence-electron chi connectivity index (χ2n) is 3.97. The molecule has 0 aromatic heterocycles. The molecule has 0 saturated heterocycles. The van der Waals surface area contributed by atoms with Crippen molar-refractivity contribution in [3.05, 3.63) is 29.8 Å². The molecule has 5 heteroatoms. The van der Waals surface area contributed by atoms with Crippen molar-refractivity contribution in [3.8, 4) is 0 Å². The van der Waals surface area contributed by atoms with E-state index in [1.165, 1.54) is 7.11 Å². The molecule has 1 unspecified atom stereocenters. The lowest BCUT2D eigenvalue weighted by Gasteiger charge is -2.15. The summed E-state index contributed by atoms with van der Waals surface area (Å²) in [6.07, 6.45) is 0.851. The van der Waals surface area contributed by atoms with E-state index in [1.54, 1.807) is 12.1 Å². The Kier molecular flexibility index (Phi) is 5.17. The minimum Gasteiger partial charge on any atom is -0.467 e. The third kappa shape index (κ3) is 4.08. The highest BCUT2D eigenvalue weighted by Crippen LogP contribution is 2.12. The van der Waals surface area contributed by atoms with Gasteiger partial charge in [0.25, 0.3) is 0 Å². The Morgan fingerprint density at radius 1 is 1.33 bits per heavy atom. The lowest BCUT2D eigenvalue weighted by molar-refractivity contribution is -0.141. The zero-order valence-electron chi connectivity index (χ0n) is 10.6. The van der Waals surface area contributed by atoms with Gasteiger partial charge >= 0.3 is 5.97 Å². The fourth-order valence-corrected chi connectivity index (χ4v) is 1.59. The predicted molar refractivity (Wildman–Crippen MR) is 69.1 cm³/mol. The van der Waals surface area contributed by atoms with Gasteiger partial charge in [0.05, 0.1) is 13.5 Å². The van der Waals surface area contributed by atoms with Crippen LogP contribution in [-0.2, 0) is 20.7 Å². The molecule has 0 saturated carbocycles. The highest BCUT2D eigenvalue weighted by atomic mass is 16.5. The standard InChI is InChI=1S/C13H18N2O3/c1-3-11(13(17)18-2)15-10-6-4-9(5-7-10)8-12(14)16/h4-7,11,15H,3,8H2,1-2H3,(H2,14,16). The molecule has 1 aromatic carbocycles. The molecule has 0 radical (unpaired) electrons. The van der Waals surface area contributed by atoms with E-state index in [0.29, 0.717) is 6.42 Å².